The molecule has 0 aromatic heterocycles. The molecule has 228 valence electrons. The van der Waals surface area contributed by atoms with E-state index < -0.39 is 26.4 Å². The Balaban J connectivity index is 1.57. The minimum absolute atomic E-state index is 0.0851. The van der Waals surface area contributed by atoms with Crippen LogP contribution < -0.4 is 14.5 Å². The molecule has 0 aliphatic rings. The average Bonchev–Trinajstić information content (AvgIpc) is 2.95. The van der Waals surface area contributed by atoms with E-state index in [1.807, 2.05) is 38.4 Å². The number of hydrogen-bond acceptors (Lipinski definition) is 11. The standard InChI is InChI=1S/C26H35N5O8P2S/c1-29(2)22-9-4-8-21-20(22)7-5-10-25(21)42-28-27-18-19-11-12-23(31(33)34)24(17-19)39-16-6-14-30(3)15-13-26(32,40-35)41(36,37)38/h4-5,7-12,17-18,28,32,35,40H,6,13-16H2,1-3H3,(H2,36,37,38)/b27-18+. The number of rotatable bonds is 16. The molecule has 0 bridgehead atoms. The van der Waals surface area contributed by atoms with Gasteiger partial charge in [0.25, 0.3) is 0 Å². The average molecular weight is 640 g/mol. The van der Waals surface area contributed by atoms with E-state index in [9.17, 15) is 34.5 Å². The van der Waals surface area contributed by atoms with Gasteiger partial charge in [-0.3, -0.25) is 14.7 Å². The van der Waals surface area contributed by atoms with Crippen molar-refractivity contribution in [2.45, 2.75) is 22.8 Å². The summed E-state index contributed by atoms with van der Waals surface area (Å²) in [7, 11) is -0.537. The second kappa shape index (κ2) is 15.1. The van der Waals surface area contributed by atoms with Gasteiger partial charge in [0.1, 0.15) is 0 Å². The Bertz CT molecular complexity index is 1460. The molecular weight excluding hydrogens is 604 g/mol. The topological polar surface area (TPSA) is 181 Å². The van der Waals surface area contributed by atoms with Crippen LogP contribution in [-0.4, -0.2) is 81.7 Å². The summed E-state index contributed by atoms with van der Waals surface area (Å²) in [6.07, 6.45) is 1.67. The smallest absolute Gasteiger partial charge is 0.363 e. The molecule has 0 saturated carbocycles. The van der Waals surface area contributed by atoms with Crippen LogP contribution >= 0.6 is 28.4 Å². The summed E-state index contributed by atoms with van der Waals surface area (Å²) in [5, 5.41) is 25.5. The fraction of sp³-hybridized carbons (Fsp3) is 0.346. The van der Waals surface area contributed by atoms with Crippen LogP contribution in [0.25, 0.3) is 10.8 Å². The van der Waals surface area contributed by atoms with Gasteiger partial charge in [0.2, 0.25) is 5.08 Å². The highest BCUT2D eigenvalue weighted by atomic mass is 32.2. The lowest BCUT2D eigenvalue weighted by Gasteiger charge is -2.28. The van der Waals surface area contributed by atoms with Gasteiger partial charge in [-0.1, -0.05) is 24.3 Å². The summed E-state index contributed by atoms with van der Waals surface area (Å²) in [6.45, 7) is 0.675. The molecular formula is C26H35N5O8P2S. The second-order valence-electron chi connectivity index (χ2n) is 9.69. The lowest BCUT2D eigenvalue weighted by atomic mass is 10.1. The van der Waals surface area contributed by atoms with Gasteiger partial charge in [0.05, 0.1) is 26.6 Å². The molecule has 2 unspecified atom stereocenters. The van der Waals surface area contributed by atoms with Gasteiger partial charge in [-0.15, -0.1) is 0 Å². The monoisotopic (exact) mass is 639 g/mol. The van der Waals surface area contributed by atoms with Gasteiger partial charge in [-0.25, -0.2) is 4.83 Å². The van der Waals surface area contributed by atoms with Crippen molar-refractivity contribution in [3.05, 3.63) is 70.3 Å². The van der Waals surface area contributed by atoms with Gasteiger partial charge >= 0.3 is 13.3 Å². The van der Waals surface area contributed by atoms with Crippen molar-refractivity contribution in [1.82, 2.24) is 9.73 Å². The van der Waals surface area contributed by atoms with Crippen LogP contribution in [-0.2, 0) is 4.57 Å². The van der Waals surface area contributed by atoms with Crippen molar-refractivity contribution in [3.8, 4) is 5.75 Å². The molecule has 16 heteroatoms. The van der Waals surface area contributed by atoms with Gasteiger partial charge in [-0.2, -0.15) is 5.10 Å². The SMILES string of the molecule is CN(CCCOc1cc(/C=N/NSc2cccc3c(N(C)C)cccc23)ccc1[N+](=O)[O-])CCC(O)(PO)P(=O)(O)O. The van der Waals surface area contributed by atoms with Crippen molar-refractivity contribution in [3.63, 3.8) is 0 Å². The highest BCUT2D eigenvalue weighted by Crippen LogP contribution is 2.58. The number of nitro benzene ring substituents is 1. The number of fused-ring (bicyclic) bond motifs is 1. The van der Waals surface area contributed by atoms with E-state index >= 15 is 0 Å². The third-order valence-corrected chi connectivity index (χ3v) is 10.1. The maximum atomic E-state index is 11.5. The second-order valence-corrected chi connectivity index (χ2v) is 13.8. The molecule has 3 aromatic carbocycles. The first-order chi connectivity index (χ1) is 19.9. The van der Waals surface area contributed by atoms with Crippen molar-refractivity contribution in [1.29, 1.82) is 0 Å². The molecule has 3 aromatic rings. The molecule has 0 heterocycles. The third kappa shape index (κ3) is 8.85. The van der Waals surface area contributed by atoms with E-state index in [0.29, 0.717) is 18.5 Å². The van der Waals surface area contributed by atoms with Crippen LogP contribution in [0.1, 0.15) is 18.4 Å². The predicted octanol–water partition coefficient (Wildman–Crippen LogP) is 3.95. The molecule has 0 saturated heterocycles. The number of nitrogens with one attached hydrogen (secondary N) is 1. The minimum Gasteiger partial charge on any atom is -0.487 e. The Hall–Kier alpha value is -2.80. The number of nitro groups is 1. The Morgan fingerprint density at radius 3 is 2.52 bits per heavy atom. The number of nitrogens with zero attached hydrogens (tertiary/aromatic N) is 4. The zero-order valence-electron chi connectivity index (χ0n) is 23.4. The van der Waals surface area contributed by atoms with E-state index in [-0.39, 0.29) is 31.0 Å². The number of anilines is 1. The first-order valence-electron chi connectivity index (χ1n) is 12.8. The molecule has 5 N–H and O–H groups in total. The highest BCUT2D eigenvalue weighted by Gasteiger charge is 2.45. The summed E-state index contributed by atoms with van der Waals surface area (Å²) in [6, 6.07) is 16.6. The molecule has 2 atom stereocenters. The fourth-order valence-corrected chi connectivity index (χ4v) is 5.81. The Labute approximate surface area is 249 Å². The van der Waals surface area contributed by atoms with Crippen LogP contribution in [0.5, 0.6) is 5.75 Å². The summed E-state index contributed by atoms with van der Waals surface area (Å²) in [5.74, 6) is 0.0851. The van der Waals surface area contributed by atoms with Crippen molar-refractivity contribution in [2.75, 3.05) is 45.7 Å². The van der Waals surface area contributed by atoms with E-state index in [0.717, 1.165) is 21.4 Å². The van der Waals surface area contributed by atoms with Crippen LogP contribution in [0.3, 0.4) is 0 Å². The van der Waals surface area contributed by atoms with E-state index in [4.69, 9.17) is 4.74 Å². The number of benzene rings is 3. The maximum Gasteiger partial charge on any atom is 0.363 e. The van der Waals surface area contributed by atoms with E-state index in [1.54, 1.807) is 18.0 Å². The van der Waals surface area contributed by atoms with Gasteiger partial charge in [0, 0.05) is 67.6 Å². The molecule has 0 aliphatic carbocycles. The summed E-state index contributed by atoms with van der Waals surface area (Å²) >= 11 is 1.35. The van der Waals surface area contributed by atoms with Crippen LogP contribution in [0.15, 0.2) is 64.6 Å². The summed E-state index contributed by atoms with van der Waals surface area (Å²) in [5.41, 5.74) is 1.51. The minimum atomic E-state index is -4.89. The quantitative estimate of drug-likeness (QED) is 0.0381. The molecule has 0 aliphatic heterocycles. The van der Waals surface area contributed by atoms with E-state index in [2.05, 4.69) is 27.0 Å². The van der Waals surface area contributed by atoms with Crippen molar-refractivity contribution < 1.29 is 34.0 Å². The first kappa shape index (κ1) is 33.7. The zero-order chi connectivity index (χ0) is 30.9. The Kier molecular flexibility index (Phi) is 12.1. The zero-order valence-corrected chi connectivity index (χ0v) is 26.1. The number of hydrogen-bond donors (Lipinski definition) is 5. The first-order valence-corrected chi connectivity index (χ1v) is 16.2. The highest BCUT2D eigenvalue weighted by molar-refractivity contribution is 7.97. The summed E-state index contributed by atoms with van der Waals surface area (Å²) in [4.78, 5) is 46.5. The molecule has 0 amide bonds. The number of hydrazone groups is 1. The lowest BCUT2D eigenvalue weighted by Crippen LogP contribution is -2.31. The molecule has 0 fully saturated rings. The van der Waals surface area contributed by atoms with Gasteiger partial charge in [0.15, 0.2) is 5.75 Å². The maximum absolute atomic E-state index is 11.5. The largest absolute Gasteiger partial charge is 0.487 e. The van der Waals surface area contributed by atoms with Crippen LogP contribution in [0, 0.1) is 10.1 Å². The Morgan fingerprint density at radius 2 is 1.86 bits per heavy atom. The molecule has 42 heavy (non-hydrogen) atoms. The van der Waals surface area contributed by atoms with Gasteiger partial charge < -0.3 is 34.3 Å². The van der Waals surface area contributed by atoms with Gasteiger partial charge in [-0.05, 0) is 48.7 Å². The predicted molar refractivity (Wildman–Crippen MR) is 168 cm³/mol. The third-order valence-electron chi connectivity index (χ3n) is 6.39. The Morgan fingerprint density at radius 1 is 1.14 bits per heavy atom. The molecule has 13 nitrogen and oxygen atoms in total. The normalized spacial score (nSPS) is 13.7. The lowest BCUT2D eigenvalue weighted by molar-refractivity contribution is -0.385. The van der Waals surface area contributed by atoms with Crippen molar-refractivity contribution >= 4 is 56.7 Å². The van der Waals surface area contributed by atoms with E-state index in [1.165, 1.54) is 30.3 Å². The molecule has 0 spiro atoms. The molecule has 0 radical (unpaired) electrons. The number of aliphatic hydroxyl groups is 1. The van der Waals surface area contributed by atoms with Crippen molar-refractivity contribution in [2.24, 2.45) is 5.10 Å². The summed E-state index contributed by atoms with van der Waals surface area (Å²) < 4.78 is 17.1. The van der Waals surface area contributed by atoms with Crippen LogP contribution in [0.2, 0.25) is 0 Å². The van der Waals surface area contributed by atoms with Crippen LogP contribution in [0.4, 0.5) is 11.4 Å². The number of ether oxygens (including phenoxy) is 1. The molecule has 3 rings (SSSR count). The fourth-order valence-electron chi connectivity index (χ4n) is 4.04.